The van der Waals surface area contributed by atoms with Crippen LogP contribution in [0.3, 0.4) is 0 Å². The number of carbonyl (C=O) groups is 2. The molecule has 0 unspecified atom stereocenters. The van der Waals surface area contributed by atoms with Gasteiger partial charge in [0.2, 0.25) is 0 Å². The molecule has 40 heavy (non-hydrogen) atoms. The molecule has 0 aliphatic rings. The zero-order chi connectivity index (χ0) is 28.2. The van der Waals surface area contributed by atoms with Gasteiger partial charge < -0.3 is 20.1 Å². The van der Waals surface area contributed by atoms with Crippen LogP contribution in [0.5, 0.6) is 5.75 Å². The number of nitrogens with zero attached hydrogens (tertiary/aromatic N) is 5. The van der Waals surface area contributed by atoms with Crippen LogP contribution in [0.1, 0.15) is 31.2 Å². The Balaban J connectivity index is 1.47. The van der Waals surface area contributed by atoms with Crippen LogP contribution in [-0.4, -0.2) is 46.4 Å². The van der Waals surface area contributed by atoms with Crippen molar-refractivity contribution in [3.63, 3.8) is 0 Å². The maximum Gasteiger partial charge on any atom is 0.335 e. The minimum absolute atomic E-state index is 0.0379. The van der Waals surface area contributed by atoms with Crippen LogP contribution in [0.25, 0.3) is 11.3 Å². The maximum atomic E-state index is 13.4. The Hall–Kier alpha value is -4.81. The minimum atomic E-state index is -1.11. The molecule has 4 heterocycles. The molecular weight excluding hydrogens is 556 g/mol. The van der Waals surface area contributed by atoms with E-state index in [4.69, 9.17) is 16.7 Å². The number of aromatic hydroxyl groups is 1. The molecular formula is C27H21ClN6O5S. The second-order valence-corrected chi connectivity index (χ2v) is 10.4. The fourth-order valence-electron chi connectivity index (χ4n) is 3.95. The van der Waals surface area contributed by atoms with E-state index in [0.29, 0.717) is 29.7 Å². The highest BCUT2D eigenvalue weighted by molar-refractivity contribution is 7.16. The van der Waals surface area contributed by atoms with Gasteiger partial charge in [0.05, 0.1) is 27.7 Å². The number of aryl methyl sites for hydroxylation is 2. The first-order chi connectivity index (χ1) is 19.3. The normalized spacial score (nSPS) is 10.9. The van der Waals surface area contributed by atoms with Crippen molar-refractivity contribution in [2.45, 2.75) is 19.5 Å². The van der Waals surface area contributed by atoms with Crippen LogP contribution >= 0.6 is 22.9 Å². The number of hydrogen-bond acceptors (Lipinski definition) is 9. The predicted octanol–water partition coefficient (Wildman–Crippen LogP) is 4.16. The summed E-state index contributed by atoms with van der Waals surface area (Å²) in [5.74, 6) is -1.85. The molecule has 0 fully saturated rings. The molecule has 0 atom stereocenters. The van der Waals surface area contributed by atoms with Gasteiger partial charge in [0.25, 0.3) is 11.5 Å². The van der Waals surface area contributed by atoms with Crippen molar-refractivity contribution in [2.24, 2.45) is 0 Å². The van der Waals surface area contributed by atoms with Crippen molar-refractivity contribution >= 4 is 40.6 Å². The maximum absolute atomic E-state index is 13.4. The van der Waals surface area contributed by atoms with Crippen LogP contribution in [0.2, 0.25) is 4.34 Å². The molecule has 0 bridgehead atoms. The molecule has 4 aromatic heterocycles. The average molecular weight is 577 g/mol. The number of carbonyl (C=O) groups excluding carboxylic acids is 1. The lowest BCUT2D eigenvalue weighted by molar-refractivity contribution is 0.0696. The molecule has 0 spiro atoms. The van der Waals surface area contributed by atoms with E-state index in [-0.39, 0.29) is 22.4 Å². The first-order valence-corrected chi connectivity index (χ1v) is 13.1. The molecule has 5 aromatic rings. The number of carboxylic acid groups (broad SMARTS) is 1. The zero-order valence-corrected chi connectivity index (χ0v) is 22.3. The van der Waals surface area contributed by atoms with Crippen molar-refractivity contribution in [1.29, 1.82) is 0 Å². The van der Waals surface area contributed by atoms with E-state index in [1.54, 1.807) is 36.8 Å². The second-order valence-electron chi connectivity index (χ2n) is 8.65. The molecule has 0 saturated heterocycles. The number of aromatic nitrogens is 5. The van der Waals surface area contributed by atoms with Crippen molar-refractivity contribution in [1.82, 2.24) is 24.3 Å². The predicted molar refractivity (Wildman–Crippen MR) is 149 cm³/mol. The molecule has 3 N–H and O–H groups in total. The van der Waals surface area contributed by atoms with Crippen LogP contribution in [0, 0.1) is 0 Å². The summed E-state index contributed by atoms with van der Waals surface area (Å²) in [6, 6.07) is 12.2. The number of aromatic carboxylic acids is 1. The summed E-state index contributed by atoms with van der Waals surface area (Å²) >= 11 is 7.41. The van der Waals surface area contributed by atoms with Gasteiger partial charge >= 0.3 is 5.97 Å². The summed E-state index contributed by atoms with van der Waals surface area (Å²) in [7, 11) is 0. The Labute approximate surface area is 236 Å². The molecule has 0 amide bonds. The number of benzene rings is 1. The van der Waals surface area contributed by atoms with Gasteiger partial charge in [0.1, 0.15) is 12.1 Å². The van der Waals surface area contributed by atoms with Gasteiger partial charge in [-0.05, 0) is 54.4 Å². The third-order valence-corrected chi connectivity index (χ3v) is 7.26. The van der Waals surface area contributed by atoms with Gasteiger partial charge in [-0.3, -0.25) is 9.59 Å². The van der Waals surface area contributed by atoms with Crippen molar-refractivity contribution in [3.05, 3.63) is 110 Å². The number of thiophene rings is 1. The molecule has 0 saturated carbocycles. The van der Waals surface area contributed by atoms with E-state index >= 15 is 0 Å². The Kier molecular flexibility index (Phi) is 7.71. The zero-order valence-electron chi connectivity index (χ0n) is 20.7. The van der Waals surface area contributed by atoms with E-state index in [1.165, 1.54) is 46.5 Å². The molecule has 0 radical (unpaired) electrons. The lowest BCUT2D eigenvalue weighted by Gasteiger charge is -2.08. The van der Waals surface area contributed by atoms with Gasteiger partial charge in [-0.1, -0.05) is 11.6 Å². The smallest absolute Gasteiger partial charge is 0.335 e. The number of rotatable bonds is 9. The fraction of sp³-hybridized carbons (Fsp3) is 0.111. The summed E-state index contributed by atoms with van der Waals surface area (Å²) < 4.78 is 3.10. The highest BCUT2D eigenvalue weighted by Crippen LogP contribution is 2.29. The van der Waals surface area contributed by atoms with Gasteiger partial charge in [-0.15, -0.1) is 11.3 Å². The molecule has 0 aliphatic heterocycles. The summed E-state index contributed by atoms with van der Waals surface area (Å²) in [6.07, 6.45) is 6.77. The highest BCUT2D eigenvalue weighted by Gasteiger charge is 2.21. The Morgan fingerprint density at radius 1 is 1.02 bits per heavy atom. The minimum Gasteiger partial charge on any atom is -0.503 e. The third kappa shape index (κ3) is 5.77. The average Bonchev–Trinajstić information content (AvgIpc) is 3.58. The van der Waals surface area contributed by atoms with Crippen LogP contribution in [-0.2, 0) is 19.5 Å². The standard InChI is InChI=1S/C27H21ClN6O5S/c28-22-6-5-19(40-22)14-31-23-11-21(32-34(23)25(36)17-1-3-18(4-2-17)27(38)39)20-8-10-33(26(37)24(20)35)9-7-16-12-29-15-30-13-16/h1-6,8,10-13,15,31,35H,7,9,14H2,(H,38,39). The topological polar surface area (TPSA) is 152 Å². The van der Waals surface area contributed by atoms with Gasteiger partial charge in [-0.2, -0.15) is 9.78 Å². The summed E-state index contributed by atoms with van der Waals surface area (Å²) in [4.78, 5) is 46.4. The molecule has 1 aromatic carbocycles. The van der Waals surface area contributed by atoms with Crippen molar-refractivity contribution < 1.29 is 19.8 Å². The summed E-state index contributed by atoms with van der Waals surface area (Å²) in [5.41, 5.74) is 0.818. The van der Waals surface area contributed by atoms with Crippen molar-refractivity contribution in [3.8, 4) is 17.0 Å². The van der Waals surface area contributed by atoms with Gasteiger partial charge in [0, 0.05) is 41.6 Å². The van der Waals surface area contributed by atoms with Gasteiger partial charge in [0.15, 0.2) is 5.75 Å². The molecule has 0 aliphatic carbocycles. The van der Waals surface area contributed by atoms with Crippen LogP contribution in [0.15, 0.2) is 78.2 Å². The number of pyridine rings is 1. The molecule has 202 valence electrons. The number of halogens is 1. The lowest BCUT2D eigenvalue weighted by Crippen LogP contribution is -2.20. The fourth-order valence-corrected chi connectivity index (χ4v) is 4.98. The molecule has 5 rings (SSSR count). The van der Waals surface area contributed by atoms with Crippen LogP contribution < -0.4 is 10.9 Å². The van der Waals surface area contributed by atoms with E-state index in [2.05, 4.69) is 20.4 Å². The number of carboxylic acids is 1. The second kappa shape index (κ2) is 11.5. The first kappa shape index (κ1) is 26.8. The quantitative estimate of drug-likeness (QED) is 0.235. The largest absolute Gasteiger partial charge is 0.503 e. The Bertz CT molecular complexity index is 1750. The van der Waals surface area contributed by atoms with Gasteiger partial charge in [-0.25, -0.2) is 14.8 Å². The number of anilines is 1. The summed E-state index contributed by atoms with van der Waals surface area (Å²) in [5, 5.41) is 27.5. The number of hydrogen-bond donors (Lipinski definition) is 3. The highest BCUT2D eigenvalue weighted by atomic mass is 35.5. The van der Waals surface area contributed by atoms with E-state index in [0.717, 1.165) is 15.1 Å². The van der Waals surface area contributed by atoms with Crippen molar-refractivity contribution in [2.75, 3.05) is 5.32 Å². The lowest BCUT2D eigenvalue weighted by atomic mass is 10.1. The third-order valence-electron chi connectivity index (χ3n) is 6.02. The Morgan fingerprint density at radius 3 is 2.42 bits per heavy atom. The number of nitrogens with one attached hydrogen (secondary N) is 1. The Morgan fingerprint density at radius 2 is 1.75 bits per heavy atom. The molecule has 13 heteroatoms. The van der Waals surface area contributed by atoms with E-state index < -0.39 is 23.2 Å². The van der Waals surface area contributed by atoms with Crippen LogP contribution in [0.4, 0.5) is 5.82 Å². The monoisotopic (exact) mass is 576 g/mol. The molecule has 11 nitrogen and oxygen atoms in total. The van der Waals surface area contributed by atoms with E-state index in [9.17, 15) is 19.5 Å². The SMILES string of the molecule is O=C(O)c1ccc(C(=O)n2nc(-c3ccn(CCc4cncnc4)c(=O)c3O)cc2NCc2ccc(Cl)s2)cc1. The van der Waals surface area contributed by atoms with E-state index in [1.807, 2.05) is 6.07 Å². The first-order valence-electron chi connectivity index (χ1n) is 11.9. The summed E-state index contributed by atoms with van der Waals surface area (Å²) in [6.45, 7) is 0.639.